The number of sulfonamides is 1. The lowest BCUT2D eigenvalue weighted by Crippen LogP contribution is -2.37. The molecule has 3 heterocycles. The van der Waals surface area contributed by atoms with E-state index >= 15 is 0 Å². The van der Waals surface area contributed by atoms with E-state index in [2.05, 4.69) is 26.1 Å². The van der Waals surface area contributed by atoms with E-state index in [1.807, 2.05) is 19.4 Å². The van der Waals surface area contributed by atoms with Gasteiger partial charge in [-0.15, -0.1) is 0 Å². The third-order valence-corrected chi connectivity index (χ3v) is 7.21. The molecule has 0 atom stereocenters. The molecule has 1 aliphatic rings. The zero-order valence-electron chi connectivity index (χ0n) is 12.5. The van der Waals surface area contributed by atoms with Crippen LogP contribution in [0.5, 0.6) is 0 Å². The molecule has 2 aromatic rings. The molecular formula is C13H18BrN5O2S. The zero-order valence-corrected chi connectivity index (χ0v) is 14.9. The van der Waals surface area contributed by atoms with Crippen LogP contribution < -0.4 is 0 Å². The number of aryl methyl sites for hydroxylation is 2. The average Bonchev–Trinajstić information content (AvgIpc) is 3.07. The summed E-state index contributed by atoms with van der Waals surface area (Å²) >= 11 is 3.29. The van der Waals surface area contributed by atoms with Gasteiger partial charge in [-0.1, -0.05) is 0 Å². The molecule has 3 rings (SSSR count). The molecule has 0 spiro atoms. The minimum atomic E-state index is -3.49. The van der Waals surface area contributed by atoms with E-state index in [0.717, 1.165) is 12.8 Å². The lowest BCUT2D eigenvalue weighted by molar-refractivity contribution is 0.319. The smallest absolute Gasteiger partial charge is 0.247 e. The maximum Gasteiger partial charge on any atom is 0.247 e. The highest BCUT2D eigenvalue weighted by atomic mass is 79.9. The molecule has 0 bridgehead atoms. The van der Waals surface area contributed by atoms with Crippen molar-refractivity contribution in [2.75, 3.05) is 13.1 Å². The van der Waals surface area contributed by atoms with Gasteiger partial charge in [-0.25, -0.2) is 8.42 Å². The highest BCUT2D eigenvalue weighted by Gasteiger charge is 2.32. The van der Waals surface area contributed by atoms with Gasteiger partial charge in [0.1, 0.15) is 9.50 Å². The van der Waals surface area contributed by atoms with Crippen LogP contribution in [0.15, 0.2) is 28.1 Å². The van der Waals surface area contributed by atoms with Gasteiger partial charge in [0.05, 0.1) is 12.4 Å². The monoisotopic (exact) mass is 387 g/mol. The molecular weight excluding hydrogens is 370 g/mol. The number of nitrogens with zero attached hydrogens (tertiary/aromatic N) is 5. The van der Waals surface area contributed by atoms with Gasteiger partial charge < -0.3 is 0 Å². The Morgan fingerprint density at radius 3 is 2.36 bits per heavy atom. The zero-order chi connectivity index (χ0) is 15.9. The normalized spacial score (nSPS) is 18.0. The van der Waals surface area contributed by atoms with Crippen molar-refractivity contribution in [3.8, 4) is 0 Å². The lowest BCUT2D eigenvalue weighted by atomic mass is 9.93. The van der Waals surface area contributed by atoms with Gasteiger partial charge in [-0.3, -0.25) is 9.36 Å². The first-order valence-electron chi connectivity index (χ1n) is 7.06. The molecule has 22 heavy (non-hydrogen) atoms. The Morgan fingerprint density at radius 1 is 1.18 bits per heavy atom. The summed E-state index contributed by atoms with van der Waals surface area (Å²) in [5.41, 5.74) is 1.18. The number of halogens is 1. The highest BCUT2D eigenvalue weighted by molar-refractivity contribution is 9.10. The fourth-order valence-electron chi connectivity index (χ4n) is 2.80. The van der Waals surface area contributed by atoms with Crippen LogP contribution in [0, 0.1) is 0 Å². The number of hydrogen-bond acceptors (Lipinski definition) is 4. The minimum absolute atomic E-state index is 0.231. The molecule has 0 N–H and O–H groups in total. The molecule has 1 fully saturated rings. The van der Waals surface area contributed by atoms with Crippen molar-refractivity contribution in [2.45, 2.75) is 23.7 Å². The second-order valence-corrected chi connectivity index (χ2v) is 8.21. The van der Waals surface area contributed by atoms with E-state index < -0.39 is 10.0 Å². The van der Waals surface area contributed by atoms with Gasteiger partial charge in [-0.2, -0.15) is 14.5 Å². The third-order valence-electron chi connectivity index (χ3n) is 4.10. The number of rotatable bonds is 3. The number of aromatic nitrogens is 4. The predicted octanol–water partition coefficient (Wildman–Crippen LogP) is 1.48. The van der Waals surface area contributed by atoms with Crippen molar-refractivity contribution in [2.24, 2.45) is 14.1 Å². The highest BCUT2D eigenvalue weighted by Crippen LogP contribution is 2.32. The Bertz CT molecular complexity index is 774. The summed E-state index contributed by atoms with van der Waals surface area (Å²) in [7, 11) is 0.108. The Morgan fingerprint density at radius 2 is 1.86 bits per heavy atom. The first kappa shape index (κ1) is 15.7. The van der Waals surface area contributed by atoms with Crippen LogP contribution in [0.2, 0.25) is 0 Å². The maximum absolute atomic E-state index is 12.7. The summed E-state index contributed by atoms with van der Waals surface area (Å²) in [4.78, 5) is 0.231. The number of hydrogen-bond donors (Lipinski definition) is 0. The third kappa shape index (κ3) is 2.72. The van der Waals surface area contributed by atoms with Crippen LogP contribution in [0.4, 0.5) is 0 Å². The summed E-state index contributed by atoms with van der Waals surface area (Å²) in [6, 6.07) is 0. The number of piperidine rings is 1. The van der Waals surface area contributed by atoms with E-state index in [1.165, 1.54) is 16.4 Å². The average molecular weight is 388 g/mol. The maximum atomic E-state index is 12.7. The lowest BCUT2D eigenvalue weighted by Gasteiger charge is -2.30. The van der Waals surface area contributed by atoms with Gasteiger partial charge in [0.15, 0.2) is 0 Å². The summed E-state index contributed by atoms with van der Waals surface area (Å²) in [5, 5.41) is 8.18. The van der Waals surface area contributed by atoms with Crippen molar-refractivity contribution >= 4 is 26.0 Å². The molecule has 0 aliphatic carbocycles. The molecule has 0 radical (unpaired) electrons. The van der Waals surface area contributed by atoms with Crippen molar-refractivity contribution in [3.05, 3.63) is 28.8 Å². The molecule has 0 saturated carbocycles. The van der Waals surface area contributed by atoms with Crippen molar-refractivity contribution in [1.29, 1.82) is 0 Å². The SMILES string of the molecule is Cn1cc(C2CCN(S(=O)(=O)c3cnn(C)c3Br)CC2)cn1. The first-order chi connectivity index (χ1) is 10.4. The minimum Gasteiger partial charge on any atom is -0.276 e. The molecule has 0 unspecified atom stereocenters. The van der Waals surface area contributed by atoms with Crippen molar-refractivity contribution in [1.82, 2.24) is 23.9 Å². The second-order valence-electron chi connectivity index (χ2n) is 5.55. The molecule has 0 aromatic carbocycles. The Hall–Kier alpha value is -1.19. The quantitative estimate of drug-likeness (QED) is 0.799. The summed E-state index contributed by atoms with van der Waals surface area (Å²) < 4.78 is 30.7. The van der Waals surface area contributed by atoms with E-state index in [4.69, 9.17) is 0 Å². The topological polar surface area (TPSA) is 73.0 Å². The fraction of sp³-hybridized carbons (Fsp3) is 0.538. The Kier molecular flexibility index (Phi) is 4.13. The standard InChI is InChI=1S/C13H18BrN5O2S/c1-17-9-11(7-15-17)10-3-5-19(6-4-10)22(20,21)12-8-16-18(2)13(12)14/h7-10H,3-6H2,1-2H3. The van der Waals surface area contributed by atoms with Crippen LogP contribution in [-0.2, 0) is 24.1 Å². The largest absolute Gasteiger partial charge is 0.276 e. The summed E-state index contributed by atoms with van der Waals surface area (Å²) in [5.74, 6) is 0.373. The second kappa shape index (κ2) is 5.78. The van der Waals surface area contributed by atoms with Crippen LogP contribution in [0.3, 0.4) is 0 Å². The van der Waals surface area contributed by atoms with Crippen LogP contribution in [0.1, 0.15) is 24.3 Å². The van der Waals surface area contributed by atoms with E-state index in [1.54, 1.807) is 16.0 Å². The fourth-order valence-corrected chi connectivity index (χ4v) is 5.10. The molecule has 0 amide bonds. The first-order valence-corrected chi connectivity index (χ1v) is 9.29. The predicted molar refractivity (Wildman–Crippen MR) is 84.8 cm³/mol. The summed E-state index contributed by atoms with van der Waals surface area (Å²) in [6.07, 6.45) is 6.89. The van der Waals surface area contributed by atoms with E-state index in [9.17, 15) is 8.42 Å². The van der Waals surface area contributed by atoms with Gasteiger partial charge >= 0.3 is 0 Å². The van der Waals surface area contributed by atoms with E-state index in [-0.39, 0.29) is 4.90 Å². The van der Waals surface area contributed by atoms with Gasteiger partial charge in [0.2, 0.25) is 10.0 Å². The van der Waals surface area contributed by atoms with Gasteiger partial charge in [-0.05, 0) is 40.3 Å². The van der Waals surface area contributed by atoms with Crippen LogP contribution in [0.25, 0.3) is 0 Å². The molecule has 1 aliphatic heterocycles. The molecule has 120 valence electrons. The Labute approximate surface area is 138 Å². The molecule has 2 aromatic heterocycles. The van der Waals surface area contributed by atoms with Gasteiger partial charge in [0.25, 0.3) is 0 Å². The van der Waals surface area contributed by atoms with Crippen molar-refractivity contribution < 1.29 is 8.42 Å². The van der Waals surface area contributed by atoms with E-state index in [0.29, 0.717) is 23.6 Å². The van der Waals surface area contributed by atoms with Crippen LogP contribution >= 0.6 is 15.9 Å². The molecule has 7 nitrogen and oxygen atoms in total. The molecule has 1 saturated heterocycles. The van der Waals surface area contributed by atoms with Gasteiger partial charge in [0, 0.05) is 33.4 Å². The molecule has 9 heteroatoms. The van der Waals surface area contributed by atoms with Crippen LogP contribution in [-0.4, -0.2) is 45.4 Å². The summed E-state index contributed by atoms with van der Waals surface area (Å²) in [6.45, 7) is 1.03. The van der Waals surface area contributed by atoms with Crippen molar-refractivity contribution in [3.63, 3.8) is 0 Å². The Balaban J connectivity index is 1.74.